The molecule has 0 radical (unpaired) electrons. The molecule has 19 heavy (non-hydrogen) atoms. The van der Waals surface area contributed by atoms with E-state index >= 15 is 0 Å². The Morgan fingerprint density at radius 1 is 1.37 bits per heavy atom. The minimum absolute atomic E-state index is 0.112. The van der Waals surface area contributed by atoms with Gasteiger partial charge >= 0.3 is 0 Å². The highest BCUT2D eigenvalue weighted by Gasteiger charge is 2.16. The molecule has 0 spiro atoms. The van der Waals surface area contributed by atoms with Gasteiger partial charge in [0.2, 0.25) is 10.0 Å². The van der Waals surface area contributed by atoms with Gasteiger partial charge in [-0.2, -0.15) is 0 Å². The Labute approximate surface area is 111 Å². The molecule has 1 unspecified atom stereocenters. The van der Waals surface area contributed by atoms with Crippen molar-refractivity contribution < 1.29 is 22.3 Å². The second-order valence-electron chi connectivity index (χ2n) is 4.29. The van der Waals surface area contributed by atoms with E-state index in [4.69, 9.17) is 0 Å². The summed E-state index contributed by atoms with van der Waals surface area (Å²) in [6, 6.07) is 2.73. The van der Waals surface area contributed by atoms with Gasteiger partial charge in [-0.05, 0) is 12.5 Å². The third kappa shape index (κ3) is 5.63. The Balaban J connectivity index is 2.64. The summed E-state index contributed by atoms with van der Waals surface area (Å²) in [5.74, 6) is -2.25. The van der Waals surface area contributed by atoms with E-state index in [0.717, 1.165) is 18.6 Å². The number of hydrogen-bond acceptors (Lipinski definition) is 3. The fourth-order valence-corrected chi connectivity index (χ4v) is 2.74. The minimum Gasteiger partial charge on any atom is -0.392 e. The molecule has 0 heterocycles. The van der Waals surface area contributed by atoms with Gasteiger partial charge in [0.05, 0.1) is 11.9 Å². The molecule has 108 valence electrons. The highest BCUT2D eigenvalue weighted by atomic mass is 32.2. The van der Waals surface area contributed by atoms with E-state index in [0.29, 0.717) is 12.5 Å². The predicted molar refractivity (Wildman–Crippen MR) is 67.9 cm³/mol. The van der Waals surface area contributed by atoms with E-state index in [2.05, 4.69) is 4.72 Å². The van der Waals surface area contributed by atoms with Gasteiger partial charge in [-0.1, -0.05) is 19.4 Å². The molecule has 1 aromatic rings. The number of sulfonamides is 1. The molecule has 4 nitrogen and oxygen atoms in total. The summed E-state index contributed by atoms with van der Waals surface area (Å²) in [5, 5.41) is 9.42. The summed E-state index contributed by atoms with van der Waals surface area (Å²) in [6.07, 6.45) is 0.445. The van der Waals surface area contributed by atoms with Gasteiger partial charge in [0, 0.05) is 18.2 Å². The van der Waals surface area contributed by atoms with Gasteiger partial charge in [-0.3, -0.25) is 0 Å². The van der Waals surface area contributed by atoms with E-state index in [1.165, 1.54) is 0 Å². The molecule has 0 bridgehead atoms. The van der Waals surface area contributed by atoms with Crippen molar-refractivity contribution in [2.45, 2.75) is 31.6 Å². The Bertz CT molecular complexity index is 520. The average Bonchev–Trinajstić information content (AvgIpc) is 2.31. The van der Waals surface area contributed by atoms with Crippen LogP contribution in [0, 0.1) is 11.6 Å². The molecule has 1 aromatic carbocycles. The van der Waals surface area contributed by atoms with Gasteiger partial charge in [0.1, 0.15) is 11.6 Å². The van der Waals surface area contributed by atoms with E-state index in [9.17, 15) is 22.3 Å². The molecule has 0 saturated carbocycles. The Hall–Kier alpha value is -1.05. The molecular formula is C12H17F2NO3S. The summed E-state index contributed by atoms with van der Waals surface area (Å²) in [5.41, 5.74) is -0.112. The Morgan fingerprint density at radius 2 is 2.05 bits per heavy atom. The van der Waals surface area contributed by atoms with Crippen LogP contribution >= 0.6 is 0 Å². The quantitative estimate of drug-likeness (QED) is 0.801. The average molecular weight is 293 g/mol. The topological polar surface area (TPSA) is 66.4 Å². The van der Waals surface area contributed by atoms with Crippen LogP contribution in [0.4, 0.5) is 8.78 Å². The largest absolute Gasteiger partial charge is 0.392 e. The van der Waals surface area contributed by atoms with Crippen LogP contribution in [-0.2, 0) is 15.8 Å². The van der Waals surface area contributed by atoms with Crippen LogP contribution in [0.5, 0.6) is 0 Å². The summed E-state index contributed by atoms with van der Waals surface area (Å²) in [4.78, 5) is 0. The van der Waals surface area contributed by atoms with Gasteiger partial charge in [0.15, 0.2) is 0 Å². The maximum Gasteiger partial charge on any atom is 0.215 e. The van der Waals surface area contributed by atoms with E-state index in [1.807, 2.05) is 6.92 Å². The number of aliphatic hydroxyl groups excluding tert-OH is 1. The standard InChI is InChI=1S/C12H17F2NO3S/c1-2-3-11(16)7-15-19(17,18)8-9-4-5-10(13)6-12(9)14/h4-6,11,15-16H,2-3,7-8H2,1H3. The Kier molecular flexibility index (Phi) is 5.84. The van der Waals surface area contributed by atoms with Crippen molar-refractivity contribution in [2.75, 3.05) is 6.54 Å². The molecule has 0 aliphatic carbocycles. The molecule has 0 fully saturated rings. The van der Waals surface area contributed by atoms with Crippen LogP contribution < -0.4 is 4.72 Å². The lowest BCUT2D eigenvalue weighted by molar-refractivity contribution is 0.167. The lowest BCUT2D eigenvalue weighted by Crippen LogP contribution is -2.33. The molecule has 0 amide bonds. The van der Waals surface area contributed by atoms with E-state index in [-0.39, 0.29) is 12.1 Å². The molecule has 2 N–H and O–H groups in total. The van der Waals surface area contributed by atoms with Crippen molar-refractivity contribution in [1.82, 2.24) is 4.72 Å². The number of halogens is 2. The van der Waals surface area contributed by atoms with Crippen LogP contribution in [0.25, 0.3) is 0 Å². The first-order valence-electron chi connectivity index (χ1n) is 5.93. The lowest BCUT2D eigenvalue weighted by Gasteiger charge is -2.11. The zero-order chi connectivity index (χ0) is 14.5. The third-order valence-corrected chi connectivity index (χ3v) is 3.82. The van der Waals surface area contributed by atoms with Crippen LogP contribution in [0.2, 0.25) is 0 Å². The zero-order valence-electron chi connectivity index (χ0n) is 10.6. The van der Waals surface area contributed by atoms with E-state index in [1.54, 1.807) is 0 Å². The van der Waals surface area contributed by atoms with Crippen LogP contribution in [0.3, 0.4) is 0 Å². The van der Waals surface area contributed by atoms with Gasteiger partial charge < -0.3 is 5.11 Å². The third-order valence-electron chi connectivity index (χ3n) is 2.52. The summed E-state index contributed by atoms with van der Waals surface area (Å²) in [7, 11) is -3.76. The van der Waals surface area contributed by atoms with Crippen molar-refractivity contribution in [3.63, 3.8) is 0 Å². The van der Waals surface area contributed by atoms with Crippen molar-refractivity contribution in [3.05, 3.63) is 35.4 Å². The summed E-state index contributed by atoms with van der Waals surface area (Å²) >= 11 is 0. The molecule has 1 rings (SSSR count). The van der Waals surface area contributed by atoms with Crippen molar-refractivity contribution in [3.8, 4) is 0 Å². The number of aliphatic hydroxyl groups is 1. The van der Waals surface area contributed by atoms with Gasteiger partial charge in [0.25, 0.3) is 0 Å². The van der Waals surface area contributed by atoms with Crippen LogP contribution in [0.15, 0.2) is 18.2 Å². The summed E-state index contributed by atoms with van der Waals surface area (Å²) < 4.78 is 51.5. The molecule has 1 atom stereocenters. The smallest absolute Gasteiger partial charge is 0.215 e. The Morgan fingerprint density at radius 3 is 2.63 bits per heavy atom. The molecular weight excluding hydrogens is 276 g/mol. The second-order valence-corrected chi connectivity index (χ2v) is 6.09. The summed E-state index contributed by atoms with van der Waals surface area (Å²) in [6.45, 7) is 1.75. The number of benzene rings is 1. The normalized spacial score (nSPS) is 13.5. The molecule has 0 saturated heterocycles. The highest BCUT2D eigenvalue weighted by molar-refractivity contribution is 7.88. The second kappa shape index (κ2) is 6.93. The minimum atomic E-state index is -3.76. The number of rotatable bonds is 7. The predicted octanol–water partition coefficient (Wildman–Crippen LogP) is 1.55. The van der Waals surface area contributed by atoms with E-state index < -0.39 is 33.5 Å². The highest BCUT2D eigenvalue weighted by Crippen LogP contribution is 2.12. The van der Waals surface area contributed by atoms with Crippen LogP contribution in [-0.4, -0.2) is 26.2 Å². The van der Waals surface area contributed by atoms with Gasteiger partial charge in [-0.25, -0.2) is 21.9 Å². The zero-order valence-corrected chi connectivity index (χ0v) is 11.4. The van der Waals surface area contributed by atoms with Crippen LogP contribution in [0.1, 0.15) is 25.3 Å². The SMILES string of the molecule is CCCC(O)CNS(=O)(=O)Cc1ccc(F)cc1F. The van der Waals surface area contributed by atoms with Crippen molar-refractivity contribution >= 4 is 10.0 Å². The monoisotopic (exact) mass is 293 g/mol. The van der Waals surface area contributed by atoms with Gasteiger partial charge in [-0.15, -0.1) is 0 Å². The fraction of sp³-hybridized carbons (Fsp3) is 0.500. The fourth-order valence-electron chi connectivity index (χ4n) is 1.55. The molecule has 0 aliphatic heterocycles. The maximum atomic E-state index is 13.3. The first-order chi connectivity index (χ1) is 8.84. The lowest BCUT2D eigenvalue weighted by atomic mass is 10.2. The number of nitrogens with one attached hydrogen (secondary N) is 1. The van der Waals surface area contributed by atoms with Crippen molar-refractivity contribution in [1.29, 1.82) is 0 Å². The molecule has 0 aromatic heterocycles. The maximum absolute atomic E-state index is 13.3. The van der Waals surface area contributed by atoms with Crippen molar-refractivity contribution in [2.24, 2.45) is 0 Å². The number of hydrogen-bond donors (Lipinski definition) is 2. The first kappa shape index (κ1) is 16.0. The first-order valence-corrected chi connectivity index (χ1v) is 7.58. The molecule has 0 aliphatic rings. The molecule has 7 heteroatoms.